The maximum Gasteiger partial charge on any atom is 0.288 e. The third-order valence-corrected chi connectivity index (χ3v) is 5.51. The third kappa shape index (κ3) is 3.22. The number of phenols is 1. The summed E-state index contributed by atoms with van der Waals surface area (Å²) in [6, 6.07) is 12.0. The lowest BCUT2D eigenvalue weighted by atomic mass is 9.92. The van der Waals surface area contributed by atoms with Crippen molar-refractivity contribution in [3.05, 3.63) is 68.4 Å². The summed E-state index contributed by atoms with van der Waals surface area (Å²) in [7, 11) is 0. The van der Waals surface area contributed by atoms with Crippen LogP contribution in [0.5, 0.6) is 11.5 Å². The first-order valence-electron chi connectivity index (χ1n) is 9.46. The minimum Gasteiger partial charge on any atom is -0.504 e. The molecule has 2 aromatic heterocycles. The Balaban J connectivity index is 1.78. The van der Waals surface area contributed by atoms with E-state index < -0.39 is 6.04 Å². The molecule has 4 aromatic rings. The second-order valence-electron chi connectivity index (χ2n) is 6.83. The normalized spacial score (nSPS) is 14.5. The Bertz CT molecular complexity index is 1330. The van der Waals surface area contributed by atoms with Gasteiger partial charge in [0.25, 0.3) is 5.56 Å². The van der Waals surface area contributed by atoms with Crippen molar-refractivity contribution < 1.29 is 9.84 Å². The minimum absolute atomic E-state index is 0.0221. The standard InChI is InChI=1S/C20H16BrN7O3/c1-2-31-14-9-11(5-8-13(14)29)18-15-16(10-3-6-12(21)7-4-10)23-24-19(30)17(15)22-20-25-26-27-28(18)20/h3-9,18,29H,2H2,1H3,(H,24,30)(H,22,25,27)/t18-/m1/s1. The van der Waals surface area contributed by atoms with Crippen LogP contribution in [-0.4, -0.2) is 42.1 Å². The highest BCUT2D eigenvalue weighted by molar-refractivity contribution is 9.10. The number of anilines is 2. The Hall–Kier alpha value is -3.73. The van der Waals surface area contributed by atoms with Gasteiger partial charge in [-0.2, -0.15) is 9.78 Å². The molecule has 0 radical (unpaired) electrons. The number of fused-ring (bicyclic) bond motifs is 2. The second-order valence-corrected chi connectivity index (χ2v) is 7.75. The summed E-state index contributed by atoms with van der Waals surface area (Å²) >= 11 is 3.44. The van der Waals surface area contributed by atoms with Crippen LogP contribution in [-0.2, 0) is 0 Å². The number of aromatic amines is 1. The van der Waals surface area contributed by atoms with Crippen LogP contribution in [0.2, 0.25) is 0 Å². The van der Waals surface area contributed by atoms with Crippen molar-refractivity contribution >= 4 is 27.6 Å². The molecule has 156 valence electrons. The van der Waals surface area contributed by atoms with Crippen LogP contribution in [0.4, 0.5) is 11.6 Å². The molecule has 1 atom stereocenters. The molecule has 1 aliphatic rings. The lowest BCUT2D eigenvalue weighted by molar-refractivity contribution is 0.317. The predicted molar refractivity (Wildman–Crippen MR) is 116 cm³/mol. The Morgan fingerprint density at radius 1 is 1.23 bits per heavy atom. The zero-order valence-electron chi connectivity index (χ0n) is 16.2. The van der Waals surface area contributed by atoms with Gasteiger partial charge in [-0.25, -0.2) is 5.10 Å². The molecule has 0 saturated heterocycles. The number of phenolic OH excluding ortho intramolecular Hbond substituents is 1. The van der Waals surface area contributed by atoms with E-state index in [1.807, 2.05) is 31.2 Å². The Morgan fingerprint density at radius 3 is 2.81 bits per heavy atom. The molecular formula is C20H16BrN7O3. The third-order valence-electron chi connectivity index (χ3n) is 4.99. The maximum absolute atomic E-state index is 12.7. The van der Waals surface area contributed by atoms with Gasteiger partial charge < -0.3 is 15.2 Å². The highest BCUT2D eigenvalue weighted by Crippen LogP contribution is 2.42. The number of halogens is 1. The van der Waals surface area contributed by atoms with Crippen LogP contribution < -0.4 is 15.6 Å². The summed E-state index contributed by atoms with van der Waals surface area (Å²) in [5, 5.41) is 32.0. The average Bonchev–Trinajstić information content (AvgIpc) is 3.24. The zero-order valence-corrected chi connectivity index (χ0v) is 17.8. The van der Waals surface area contributed by atoms with Crippen molar-refractivity contribution in [2.45, 2.75) is 13.0 Å². The van der Waals surface area contributed by atoms with Gasteiger partial charge >= 0.3 is 0 Å². The first-order valence-corrected chi connectivity index (χ1v) is 10.2. The topological polar surface area (TPSA) is 131 Å². The van der Waals surface area contributed by atoms with Gasteiger partial charge in [0.1, 0.15) is 11.7 Å². The first-order chi connectivity index (χ1) is 15.1. The summed E-state index contributed by atoms with van der Waals surface area (Å²) < 4.78 is 8.06. The molecular weight excluding hydrogens is 466 g/mol. The van der Waals surface area contributed by atoms with Gasteiger partial charge in [-0.15, -0.1) is 0 Å². The molecule has 0 aliphatic carbocycles. The molecule has 0 amide bonds. The van der Waals surface area contributed by atoms with Crippen LogP contribution >= 0.6 is 15.9 Å². The average molecular weight is 482 g/mol. The number of rotatable bonds is 4. The fourth-order valence-corrected chi connectivity index (χ4v) is 3.91. The number of H-pyrrole nitrogens is 1. The van der Waals surface area contributed by atoms with Gasteiger partial charge in [0.2, 0.25) is 5.95 Å². The molecule has 3 N–H and O–H groups in total. The van der Waals surface area contributed by atoms with Crippen molar-refractivity contribution in [2.24, 2.45) is 0 Å². The van der Waals surface area contributed by atoms with Gasteiger partial charge in [-0.1, -0.05) is 39.2 Å². The summed E-state index contributed by atoms with van der Waals surface area (Å²) in [6.45, 7) is 2.22. The zero-order chi connectivity index (χ0) is 21.5. The molecule has 0 fully saturated rings. The van der Waals surface area contributed by atoms with Crippen molar-refractivity contribution in [1.82, 2.24) is 30.4 Å². The molecule has 0 unspecified atom stereocenters. The van der Waals surface area contributed by atoms with Crippen molar-refractivity contribution in [3.8, 4) is 22.8 Å². The van der Waals surface area contributed by atoms with Crippen LogP contribution in [0.25, 0.3) is 11.3 Å². The summed E-state index contributed by atoms with van der Waals surface area (Å²) in [4.78, 5) is 12.7. The number of nitrogens with zero attached hydrogens (tertiary/aromatic N) is 5. The Morgan fingerprint density at radius 2 is 2.03 bits per heavy atom. The van der Waals surface area contributed by atoms with E-state index in [0.29, 0.717) is 35.2 Å². The molecule has 1 aliphatic heterocycles. The molecule has 0 bridgehead atoms. The smallest absolute Gasteiger partial charge is 0.288 e. The quantitative estimate of drug-likeness (QED) is 0.357. The number of benzene rings is 2. The molecule has 5 rings (SSSR count). The lowest BCUT2D eigenvalue weighted by Gasteiger charge is -2.28. The predicted octanol–water partition coefficient (Wildman–Crippen LogP) is 2.98. The van der Waals surface area contributed by atoms with E-state index in [4.69, 9.17) is 4.74 Å². The van der Waals surface area contributed by atoms with E-state index in [9.17, 15) is 9.90 Å². The van der Waals surface area contributed by atoms with E-state index in [1.165, 1.54) is 0 Å². The molecule has 0 saturated carbocycles. The molecule has 10 nitrogen and oxygen atoms in total. The Kier molecular flexibility index (Phi) is 4.66. The number of ether oxygens (including phenoxy) is 1. The van der Waals surface area contributed by atoms with Gasteiger partial charge in [-0.05, 0) is 47.2 Å². The largest absolute Gasteiger partial charge is 0.504 e. The SMILES string of the molecule is CCOc1cc([C@@H]2c3c(-c4ccc(Br)cc4)n[nH]c(=O)c3Nc3nnnn32)ccc1O. The van der Waals surface area contributed by atoms with Crippen molar-refractivity contribution in [1.29, 1.82) is 0 Å². The highest BCUT2D eigenvalue weighted by atomic mass is 79.9. The van der Waals surface area contributed by atoms with Gasteiger partial charge in [-0.3, -0.25) is 4.79 Å². The summed E-state index contributed by atoms with van der Waals surface area (Å²) in [5.74, 6) is 0.675. The number of nitrogens with one attached hydrogen (secondary N) is 2. The number of hydrogen-bond acceptors (Lipinski definition) is 8. The van der Waals surface area contributed by atoms with Gasteiger partial charge in [0, 0.05) is 15.6 Å². The second kappa shape index (κ2) is 7.51. The summed E-state index contributed by atoms with van der Waals surface area (Å²) in [5.41, 5.74) is 2.64. The van der Waals surface area contributed by atoms with Crippen LogP contribution in [0.15, 0.2) is 51.7 Å². The fourth-order valence-electron chi connectivity index (χ4n) is 3.65. The van der Waals surface area contributed by atoms with Gasteiger partial charge in [0.15, 0.2) is 11.5 Å². The van der Waals surface area contributed by atoms with Crippen molar-refractivity contribution in [2.75, 3.05) is 11.9 Å². The van der Waals surface area contributed by atoms with Crippen LogP contribution in [0, 0.1) is 0 Å². The van der Waals surface area contributed by atoms with E-state index in [2.05, 4.69) is 47.0 Å². The number of tetrazole rings is 1. The lowest BCUT2D eigenvalue weighted by Crippen LogP contribution is -2.29. The molecule has 11 heteroatoms. The van der Waals surface area contributed by atoms with Crippen LogP contribution in [0.3, 0.4) is 0 Å². The molecule has 3 heterocycles. The Labute approximate surface area is 184 Å². The van der Waals surface area contributed by atoms with E-state index in [-0.39, 0.29) is 11.3 Å². The monoisotopic (exact) mass is 481 g/mol. The van der Waals surface area contributed by atoms with Crippen LogP contribution in [0.1, 0.15) is 24.1 Å². The summed E-state index contributed by atoms with van der Waals surface area (Å²) in [6.07, 6.45) is 0. The minimum atomic E-state index is -0.575. The fraction of sp³-hybridized carbons (Fsp3) is 0.150. The van der Waals surface area contributed by atoms with Crippen molar-refractivity contribution in [3.63, 3.8) is 0 Å². The number of aromatic hydroxyl groups is 1. The number of hydrogen-bond donors (Lipinski definition) is 3. The highest BCUT2D eigenvalue weighted by Gasteiger charge is 2.34. The number of aromatic nitrogens is 6. The molecule has 31 heavy (non-hydrogen) atoms. The maximum atomic E-state index is 12.7. The van der Waals surface area contributed by atoms with E-state index >= 15 is 0 Å². The molecule has 2 aromatic carbocycles. The van der Waals surface area contributed by atoms with E-state index in [0.717, 1.165) is 15.6 Å². The first kappa shape index (κ1) is 19.2. The molecule has 0 spiro atoms. The van der Waals surface area contributed by atoms with Gasteiger partial charge in [0.05, 0.1) is 12.3 Å². The van der Waals surface area contributed by atoms with E-state index in [1.54, 1.807) is 22.9 Å².